The Labute approximate surface area is 77.2 Å². The molecular weight excluding hydrogens is 160 g/mol. The van der Waals surface area contributed by atoms with Gasteiger partial charge in [-0.2, -0.15) is 0 Å². The fourth-order valence-electron chi connectivity index (χ4n) is 1.09. The fraction of sp³-hybridized carbons (Fsp3) is 0. The third-order valence-corrected chi connectivity index (χ3v) is 1.76. The quantitative estimate of drug-likeness (QED) is 0.677. The molecule has 2 rings (SSSR count). The Hall–Kier alpha value is -1.83. The Morgan fingerprint density at radius 2 is 2.00 bits per heavy atom. The predicted molar refractivity (Wildman–Crippen MR) is 53.9 cm³/mol. The molecule has 0 amide bonds. The van der Waals surface area contributed by atoms with Crippen LogP contribution in [-0.2, 0) is 0 Å². The first kappa shape index (κ1) is 7.80. The van der Waals surface area contributed by atoms with E-state index in [0.717, 1.165) is 0 Å². The van der Waals surface area contributed by atoms with Gasteiger partial charge in [0.25, 0.3) is 0 Å². The van der Waals surface area contributed by atoms with Gasteiger partial charge < -0.3 is 4.57 Å². The zero-order valence-corrected chi connectivity index (χ0v) is 7.17. The van der Waals surface area contributed by atoms with Crippen LogP contribution in [0.2, 0.25) is 0 Å². The zero-order valence-electron chi connectivity index (χ0n) is 7.17. The number of aromatic nitrogens is 2. The van der Waals surface area contributed by atoms with Crippen LogP contribution < -0.4 is 0 Å². The van der Waals surface area contributed by atoms with E-state index in [2.05, 4.69) is 17.1 Å². The number of imidazole rings is 1. The largest absolute Gasteiger partial charge is 0.313 e. The lowest BCUT2D eigenvalue weighted by Crippen LogP contribution is -1.78. The summed E-state index contributed by atoms with van der Waals surface area (Å²) in [6.45, 7) is 0. The van der Waals surface area contributed by atoms with Crippen LogP contribution in [0.15, 0.2) is 49.1 Å². The van der Waals surface area contributed by atoms with Gasteiger partial charge in [-0.05, 0) is 11.6 Å². The van der Waals surface area contributed by atoms with Crippen LogP contribution in [0.4, 0.5) is 0 Å². The summed E-state index contributed by atoms with van der Waals surface area (Å²) in [7, 11) is 0. The molecule has 13 heavy (non-hydrogen) atoms. The van der Waals surface area contributed by atoms with E-state index in [1.165, 1.54) is 5.56 Å². The molecule has 0 aliphatic carbocycles. The average Bonchev–Trinajstić information content (AvgIpc) is 2.69. The van der Waals surface area contributed by atoms with E-state index in [0.29, 0.717) is 0 Å². The maximum Gasteiger partial charge on any atom is 0.0986 e. The minimum atomic E-state index is 1.19. The molecule has 64 valence electrons. The van der Waals surface area contributed by atoms with Crippen LogP contribution >= 0.6 is 0 Å². The fourth-order valence-corrected chi connectivity index (χ4v) is 1.09. The van der Waals surface area contributed by atoms with Crippen LogP contribution in [0.5, 0.6) is 0 Å². The van der Waals surface area contributed by atoms with Crippen molar-refractivity contribution in [1.82, 2.24) is 9.55 Å². The van der Waals surface area contributed by atoms with Gasteiger partial charge in [-0.25, -0.2) is 4.98 Å². The lowest BCUT2D eigenvalue weighted by Gasteiger charge is -1.91. The molecule has 1 aromatic carbocycles. The third-order valence-electron chi connectivity index (χ3n) is 1.76. The lowest BCUT2D eigenvalue weighted by atomic mass is 10.2. The van der Waals surface area contributed by atoms with Gasteiger partial charge >= 0.3 is 0 Å². The SMILES string of the molecule is C(=C\n1ccnc1)/c1ccccc1. The monoisotopic (exact) mass is 170 g/mol. The van der Waals surface area contributed by atoms with Crippen molar-refractivity contribution in [3.05, 3.63) is 54.6 Å². The maximum absolute atomic E-state index is 3.95. The predicted octanol–water partition coefficient (Wildman–Crippen LogP) is 2.51. The second-order valence-corrected chi connectivity index (χ2v) is 2.74. The number of nitrogens with zero attached hydrogens (tertiary/aromatic N) is 2. The second kappa shape index (κ2) is 3.72. The number of benzene rings is 1. The molecule has 0 fully saturated rings. The summed E-state index contributed by atoms with van der Waals surface area (Å²) < 4.78 is 1.91. The van der Waals surface area contributed by atoms with E-state index in [-0.39, 0.29) is 0 Å². The molecule has 2 aromatic rings. The molecule has 0 radical (unpaired) electrons. The first-order chi connectivity index (χ1) is 6.45. The van der Waals surface area contributed by atoms with Crippen molar-refractivity contribution in [2.75, 3.05) is 0 Å². The number of hydrogen-bond acceptors (Lipinski definition) is 1. The van der Waals surface area contributed by atoms with Crippen molar-refractivity contribution >= 4 is 12.3 Å². The van der Waals surface area contributed by atoms with Gasteiger partial charge in [0.2, 0.25) is 0 Å². The summed E-state index contributed by atoms with van der Waals surface area (Å²) in [5.74, 6) is 0. The molecule has 0 saturated carbocycles. The lowest BCUT2D eigenvalue weighted by molar-refractivity contribution is 1.14. The van der Waals surface area contributed by atoms with Crippen LogP contribution in [0, 0.1) is 0 Å². The molecular formula is C11H10N2. The van der Waals surface area contributed by atoms with Gasteiger partial charge in [0.15, 0.2) is 0 Å². The Morgan fingerprint density at radius 1 is 1.15 bits per heavy atom. The molecule has 2 nitrogen and oxygen atoms in total. The molecule has 0 saturated heterocycles. The second-order valence-electron chi connectivity index (χ2n) is 2.74. The van der Waals surface area contributed by atoms with Gasteiger partial charge in [0, 0.05) is 18.6 Å². The van der Waals surface area contributed by atoms with Gasteiger partial charge in [-0.15, -0.1) is 0 Å². The molecule has 0 bridgehead atoms. The maximum atomic E-state index is 3.95. The molecule has 0 N–H and O–H groups in total. The Morgan fingerprint density at radius 3 is 2.69 bits per heavy atom. The third kappa shape index (κ3) is 2.06. The number of hydrogen-bond donors (Lipinski definition) is 0. The number of rotatable bonds is 2. The van der Waals surface area contributed by atoms with Gasteiger partial charge in [0.1, 0.15) is 0 Å². The molecule has 2 heteroatoms. The smallest absolute Gasteiger partial charge is 0.0986 e. The molecule has 0 spiro atoms. The summed E-state index contributed by atoms with van der Waals surface area (Å²) in [6, 6.07) is 10.2. The normalized spacial score (nSPS) is 10.8. The minimum Gasteiger partial charge on any atom is -0.313 e. The minimum absolute atomic E-state index is 1.19. The first-order valence-electron chi connectivity index (χ1n) is 4.16. The molecule has 0 aliphatic rings. The van der Waals surface area contributed by atoms with Crippen LogP contribution in [-0.4, -0.2) is 9.55 Å². The highest BCUT2D eigenvalue weighted by atomic mass is 15.0. The topological polar surface area (TPSA) is 17.8 Å². The molecule has 0 aliphatic heterocycles. The Kier molecular flexibility index (Phi) is 2.23. The van der Waals surface area contributed by atoms with E-state index in [4.69, 9.17) is 0 Å². The Balaban J connectivity index is 2.15. The highest BCUT2D eigenvalue weighted by Gasteiger charge is 1.83. The van der Waals surface area contributed by atoms with E-state index < -0.39 is 0 Å². The van der Waals surface area contributed by atoms with Crippen molar-refractivity contribution in [1.29, 1.82) is 0 Å². The van der Waals surface area contributed by atoms with E-state index in [9.17, 15) is 0 Å². The zero-order chi connectivity index (χ0) is 8.93. The van der Waals surface area contributed by atoms with E-state index >= 15 is 0 Å². The van der Waals surface area contributed by atoms with Gasteiger partial charge in [-0.1, -0.05) is 30.3 Å². The van der Waals surface area contributed by atoms with Crippen LogP contribution in [0.1, 0.15) is 5.56 Å². The molecule has 1 heterocycles. The summed E-state index contributed by atoms with van der Waals surface area (Å²) in [6.07, 6.45) is 9.44. The van der Waals surface area contributed by atoms with Crippen molar-refractivity contribution < 1.29 is 0 Å². The molecule has 0 atom stereocenters. The summed E-state index contributed by atoms with van der Waals surface area (Å²) >= 11 is 0. The van der Waals surface area contributed by atoms with E-state index in [1.807, 2.05) is 41.2 Å². The van der Waals surface area contributed by atoms with Crippen molar-refractivity contribution in [3.8, 4) is 0 Å². The van der Waals surface area contributed by atoms with Gasteiger partial charge in [-0.3, -0.25) is 0 Å². The summed E-state index contributed by atoms with van der Waals surface area (Å²) in [5, 5.41) is 0. The van der Waals surface area contributed by atoms with Gasteiger partial charge in [0.05, 0.1) is 6.33 Å². The summed E-state index contributed by atoms with van der Waals surface area (Å²) in [5.41, 5.74) is 1.19. The highest BCUT2D eigenvalue weighted by molar-refractivity contribution is 5.59. The van der Waals surface area contributed by atoms with Crippen LogP contribution in [0.3, 0.4) is 0 Å². The highest BCUT2D eigenvalue weighted by Crippen LogP contribution is 2.01. The van der Waals surface area contributed by atoms with Crippen LogP contribution in [0.25, 0.3) is 12.3 Å². The van der Waals surface area contributed by atoms with Crippen molar-refractivity contribution in [2.24, 2.45) is 0 Å². The first-order valence-corrected chi connectivity index (χ1v) is 4.16. The van der Waals surface area contributed by atoms with Crippen molar-refractivity contribution in [2.45, 2.75) is 0 Å². The summed E-state index contributed by atoms with van der Waals surface area (Å²) in [4.78, 5) is 3.95. The standard InChI is InChI=1S/C11H10N2/c1-2-4-11(5-3-1)6-8-13-9-7-12-10-13/h1-10H/b8-6+. The average molecular weight is 170 g/mol. The van der Waals surface area contributed by atoms with Crippen molar-refractivity contribution in [3.63, 3.8) is 0 Å². The Bertz CT molecular complexity index is 374. The molecule has 1 aromatic heterocycles. The van der Waals surface area contributed by atoms with E-state index in [1.54, 1.807) is 12.5 Å². The molecule has 0 unspecified atom stereocenters.